The molecule has 3 rings (SSSR count). The van der Waals surface area contributed by atoms with Gasteiger partial charge >= 0.3 is 0 Å². The van der Waals surface area contributed by atoms with Crippen molar-refractivity contribution in [3.05, 3.63) is 54.2 Å². The van der Waals surface area contributed by atoms with Crippen LogP contribution in [-0.2, 0) is 6.42 Å². The maximum atomic E-state index is 5.84. The molecule has 0 bridgehead atoms. The van der Waals surface area contributed by atoms with Gasteiger partial charge in [0.1, 0.15) is 11.6 Å². The van der Waals surface area contributed by atoms with Crippen LogP contribution in [0, 0.1) is 0 Å². The van der Waals surface area contributed by atoms with Gasteiger partial charge in [0.15, 0.2) is 0 Å². The fourth-order valence-electron chi connectivity index (χ4n) is 2.13. The van der Waals surface area contributed by atoms with Crippen molar-refractivity contribution < 1.29 is 4.42 Å². The molecule has 0 amide bonds. The highest BCUT2D eigenvalue weighted by Crippen LogP contribution is 2.20. The van der Waals surface area contributed by atoms with Crippen molar-refractivity contribution in [2.24, 2.45) is 5.73 Å². The van der Waals surface area contributed by atoms with Crippen LogP contribution in [-0.4, -0.2) is 16.5 Å². The van der Waals surface area contributed by atoms with Gasteiger partial charge in [-0.1, -0.05) is 12.1 Å². The molecule has 2 heterocycles. The van der Waals surface area contributed by atoms with Crippen molar-refractivity contribution in [2.75, 3.05) is 6.54 Å². The molecule has 1 atom stereocenters. The van der Waals surface area contributed by atoms with E-state index in [0.29, 0.717) is 6.54 Å². The summed E-state index contributed by atoms with van der Waals surface area (Å²) in [6.07, 6.45) is 2.45. The number of hydrogen-bond donors (Lipinski definition) is 2. The molecule has 18 heavy (non-hydrogen) atoms. The fourth-order valence-corrected chi connectivity index (χ4v) is 2.13. The Morgan fingerprint density at radius 2 is 2.11 bits per heavy atom. The predicted molar refractivity (Wildman–Crippen MR) is 70.3 cm³/mol. The second kappa shape index (κ2) is 4.66. The molecule has 0 aliphatic heterocycles. The molecular weight excluding hydrogens is 226 g/mol. The first-order chi connectivity index (χ1) is 8.86. The Hall–Kier alpha value is -2.07. The molecule has 0 spiro atoms. The highest BCUT2D eigenvalue weighted by atomic mass is 16.3. The number of aromatic amines is 1. The number of para-hydroxylation sites is 2. The van der Waals surface area contributed by atoms with Gasteiger partial charge in [0.2, 0.25) is 0 Å². The minimum absolute atomic E-state index is 0.156. The van der Waals surface area contributed by atoms with Gasteiger partial charge in [0, 0.05) is 18.9 Å². The quantitative estimate of drug-likeness (QED) is 0.737. The molecule has 0 saturated heterocycles. The number of nitrogens with zero attached hydrogens (tertiary/aromatic N) is 1. The van der Waals surface area contributed by atoms with Crippen molar-refractivity contribution in [3.63, 3.8) is 0 Å². The van der Waals surface area contributed by atoms with Crippen LogP contribution in [0.5, 0.6) is 0 Å². The van der Waals surface area contributed by atoms with E-state index < -0.39 is 0 Å². The van der Waals surface area contributed by atoms with Crippen molar-refractivity contribution in [1.82, 2.24) is 9.97 Å². The van der Waals surface area contributed by atoms with Crippen molar-refractivity contribution in [1.29, 1.82) is 0 Å². The monoisotopic (exact) mass is 241 g/mol. The first-order valence-corrected chi connectivity index (χ1v) is 6.04. The van der Waals surface area contributed by atoms with Crippen LogP contribution in [0.2, 0.25) is 0 Å². The van der Waals surface area contributed by atoms with E-state index in [1.165, 1.54) is 0 Å². The number of aromatic nitrogens is 2. The highest BCUT2D eigenvalue weighted by Gasteiger charge is 2.16. The third kappa shape index (κ3) is 2.02. The second-order valence-corrected chi connectivity index (χ2v) is 4.36. The number of nitrogens with two attached hydrogens (primary N) is 1. The minimum atomic E-state index is 0.156. The zero-order chi connectivity index (χ0) is 12.4. The van der Waals surface area contributed by atoms with Gasteiger partial charge in [-0.15, -0.1) is 0 Å². The number of furan rings is 1. The summed E-state index contributed by atoms with van der Waals surface area (Å²) in [6, 6.07) is 11.8. The van der Waals surface area contributed by atoms with Gasteiger partial charge in [0.05, 0.1) is 17.3 Å². The summed E-state index contributed by atoms with van der Waals surface area (Å²) in [5.74, 6) is 2.02. The summed E-state index contributed by atoms with van der Waals surface area (Å²) in [7, 11) is 0. The topological polar surface area (TPSA) is 67.8 Å². The molecule has 3 N–H and O–H groups in total. The lowest BCUT2D eigenvalue weighted by Gasteiger charge is -2.09. The van der Waals surface area contributed by atoms with Crippen LogP contribution in [0.3, 0.4) is 0 Å². The molecule has 0 aliphatic carbocycles. The van der Waals surface area contributed by atoms with Gasteiger partial charge in [-0.2, -0.15) is 0 Å². The van der Waals surface area contributed by atoms with Crippen molar-refractivity contribution in [2.45, 2.75) is 12.3 Å². The van der Waals surface area contributed by atoms with E-state index in [1.54, 1.807) is 6.26 Å². The number of rotatable bonds is 4. The summed E-state index contributed by atoms with van der Waals surface area (Å²) < 4.78 is 5.36. The number of H-pyrrole nitrogens is 1. The lowest BCUT2D eigenvalue weighted by molar-refractivity contribution is 0.482. The molecule has 3 aromatic rings. The van der Waals surface area contributed by atoms with E-state index in [0.717, 1.165) is 29.0 Å². The van der Waals surface area contributed by atoms with E-state index in [4.69, 9.17) is 10.2 Å². The summed E-state index contributed by atoms with van der Waals surface area (Å²) in [5, 5.41) is 0. The van der Waals surface area contributed by atoms with E-state index in [2.05, 4.69) is 9.97 Å². The van der Waals surface area contributed by atoms with Crippen LogP contribution < -0.4 is 5.73 Å². The van der Waals surface area contributed by atoms with Crippen LogP contribution in [0.1, 0.15) is 17.5 Å². The number of benzene rings is 1. The smallest absolute Gasteiger partial charge is 0.112 e. The van der Waals surface area contributed by atoms with Gasteiger partial charge in [-0.05, 0) is 24.3 Å². The van der Waals surface area contributed by atoms with Gasteiger partial charge < -0.3 is 15.1 Å². The highest BCUT2D eigenvalue weighted by molar-refractivity contribution is 5.74. The van der Waals surface area contributed by atoms with Gasteiger partial charge in [-0.3, -0.25) is 0 Å². The maximum absolute atomic E-state index is 5.84. The molecular formula is C14H15N3O. The van der Waals surface area contributed by atoms with Crippen molar-refractivity contribution in [3.8, 4) is 0 Å². The first-order valence-electron chi connectivity index (χ1n) is 6.04. The molecule has 4 nitrogen and oxygen atoms in total. The number of hydrogen-bond acceptors (Lipinski definition) is 3. The molecule has 2 aromatic heterocycles. The number of imidazole rings is 1. The van der Waals surface area contributed by atoms with Crippen LogP contribution >= 0.6 is 0 Å². The Morgan fingerprint density at radius 1 is 1.22 bits per heavy atom. The molecule has 1 unspecified atom stereocenters. The zero-order valence-corrected chi connectivity index (χ0v) is 9.97. The normalized spacial score (nSPS) is 12.9. The Morgan fingerprint density at radius 3 is 2.83 bits per heavy atom. The molecule has 0 fully saturated rings. The van der Waals surface area contributed by atoms with Crippen molar-refractivity contribution >= 4 is 11.0 Å². The molecule has 0 radical (unpaired) electrons. The first kappa shape index (κ1) is 11.0. The SMILES string of the molecule is NCC(Cc1ccco1)c1nc2ccccc2[nH]1. The Labute approximate surface area is 105 Å². The molecule has 1 aromatic carbocycles. The Balaban J connectivity index is 1.90. The summed E-state index contributed by atoms with van der Waals surface area (Å²) in [6.45, 7) is 0.542. The van der Waals surface area contributed by atoms with E-state index in [-0.39, 0.29) is 5.92 Å². The lowest BCUT2D eigenvalue weighted by Crippen LogP contribution is -2.16. The number of fused-ring (bicyclic) bond motifs is 1. The van der Waals surface area contributed by atoms with Crippen LogP contribution in [0.25, 0.3) is 11.0 Å². The largest absolute Gasteiger partial charge is 0.469 e. The predicted octanol–water partition coefficient (Wildman–Crippen LogP) is 2.44. The third-order valence-corrected chi connectivity index (χ3v) is 3.11. The third-order valence-electron chi connectivity index (χ3n) is 3.11. The molecule has 4 heteroatoms. The molecule has 92 valence electrons. The van der Waals surface area contributed by atoms with Gasteiger partial charge in [0.25, 0.3) is 0 Å². The maximum Gasteiger partial charge on any atom is 0.112 e. The molecule has 0 saturated carbocycles. The standard InChI is InChI=1S/C14H15N3O/c15-9-10(8-11-4-3-7-18-11)14-16-12-5-1-2-6-13(12)17-14/h1-7,10H,8-9,15H2,(H,16,17). The second-order valence-electron chi connectivity index (χ2n) is 4.36. The summed E-state index contributed by atoms with van der Waals surface area (Å²) in [5.41, 5.74) is 7.87. The minimum Gasteiger partial charge on any atom is -0.469 e. The summed E-state index contributed by atoms with van der Waals surface area (Å²) in [4.78, 5) is 7.91. The van der Waals surface area contributed by atoms with E-state index in [9.17, 15) is 0 Å². The van der Waals surface area contributed by atoms with Gasteiger partial charge in [-0.25, -0.2) is 4.98 Å². The average molecular weight is 241 g/mol. The zero-order valence-electron chi connectivity index (χ0n) is 9.97. The molecule has 0 aliphatic rings. The Bertz CT molecular complexity index is 594. The fraction of sp³-hybridized carbons (Fsp3) is 0.214. The Kier molecular flexibility index (Phi) is 2.86. The van der Waals surface area contributed by atoms with E-state index in [1.807, 2.05) is 36.4 Å². The summed E-state index contributed by atoms with van der Waals surface area (Å²) >= 11 is 0. The average Bonchev–Trinajstić information content (AvgIpc) is 3.04. The van der Waals surface area contributed by atoms with Crippen LogP contribution in [0.15, 0.2) is 47.1 Å². The van der Waals surface area contributed by atoms with E-state index >= 15 is 0 Å². The van der Waals surface area contributed by atoms with Crippen LogP contribution in [0.4, 0.5) is 0 Å². The lowest BCUT2D eigenvalue weighted by atomic mass is 10.0. The number of nitrogens with one attached hydrogen (secondary N) is 1.